The van der Waals surface area contributed by atoms with Crippen LogP contribution in [0.1, 0.15) is 15.9 Å². The molecule has 0 aromatic heterocycles. The molecule has 1 amide bonds. The molecule has 0 bridgehead atoms. The van der Waals surface area contributed by atoms with Gasteiger partial charge < -0.3 is 11.1 Å². The van der Waals surface area contributed by atoms with Crippen molar-refractivity contribution in [1.29, 1.82) is 0 Å². The average molecular weight is 323 g/mol. The lowest BCUT2D eigenvalue weighted by molar-refractivity contribution is 0.102. The van der Waals surface area contributed by atoms with Crippen molar-refractivity contribution in [2.75, 3.05) is 11.1 Å². The Labute approximate surface area is 118 Å². The van der Waals surface area contributed by atoms with E-state index in [1.54, 1.807) is 30.3 Å². The first-order valence-electron chi connectivity index (χ1n) is 5.60. The summed E-state index contributed by atoms with van der Waals surface area (Å²) in [6.07, 6.45) is 0. The van der Waals surface area contributed by atoms with Gasteiger partial charge in [-0.2, -0.15) is 0 Å². The topological polar surface area (TPSA) is 55.1 Å². The lowest BCUT2D eigenvalue weighted by atomic mass is 10.1. The molecule has 0 radical (unpaired) electrons. The van der Waals surface area contributed by atoms with Gasteiger partial charge in [-0.1, -0.05) is 12.1 Å². The first kappa shape index (κ1) is 13.5. The van der Waals surface area contributed by atoms with E-state index in [-0.39, 0.29) is 5.69 Å². The second kappa shape index (κ2) is 5.40. The van der Waals surface area contributed by atoms with Gasteiger partial charge >= 0.3 is 0 Å². The Morgan fingerprint density at radius 2 is 2.05 bits per heavy atom. The highest BCUT2D eigenvalue weighted by atomic mass is 79.9. The van der Waals surface area contributed by atoms with Crippen molar-refractivity contribution in [2.45, 2.75) is 6.92 Å². The zero-order chi connectivity index (χ0) is 14.0. The molecule has 0 saturated heterocycles. The second-order valence-corrected chi connectivity index (χ2v) is 4.94. The summed E-state index contributed by atoms with van der Waals surface area (Å²) in [6.45, 7) is 1.82. The van der Waals surface area contributed by atoms with Gasteiger partial charge in [-0.15, -0.1) is 0 Å². The quantitative estimate of drug-likeness (QED) is 0.828. The van der Waals surface area contributed by atoms with Crippen LogP contribution in [0.15, 0.2) is 40.9 Å². The highest BCUT2D eigenvalue weighted by Gasteiger charge is 2.13. The van der Waals surface area contributed by atoms with Crippen LogP contribution in [0.4, 0.5) is 15.8 Å². The average Bonchev–Trinajstić information content (AvgIpc) is 2.37. The summed E-state index contributed by atoms with van der Waals surface area (Å²) < 4.78 is 14.1. The molecule has 0 unspecified atom stereocenters. The zero-order valence-electron chi connectivity index (χ0n) is 10.2. The lowest BCUT2D eigenvalue weighted by Gasteiger charge is -2.09. The number of hydrogen-bond donors (Lipinski definition) is 2. The second-order valence-electron chi connectivity index (χ2n) is 4.15. The lowest BCUT2D eigenvalue weighted by Crippen LogP contribution is -2.14. The summed E-state index contributed by atoms with van der Waals surface area (Å²) in [7, 11) is 0. The Kier molecular flexibility index (Phi) is 3.85. The smallest absolute Gasteiger partial charge is 0.256 e. The number of benzene rings is 2. The fourth-order valence-electron chi connectivity index (χ4n) is 1.65. The highest BCUT2D eigenvalue weighted by Crippen LogP contribution is 2.25. The van der Waals surface area contributed by atoms with Gasteiger partial charge in [0.15, 0.2) is 0 Å². The van der Waals surface area contributed by atoms with Gasteiger partial charge in [-0.3, -0.25) is 4.79 Å². The van der Waals surface area contributed by atoms with Gasteiger partial charge in [0.25, 0.3) is 5.91 Å². The molecule has 0 aliphatic carbocycles. The van der Waals surface area contributed by atoms with Crippen LogP contribution >= 0.6 is 15.9 Å². The largest absolute Gasteiger partial charge is 0.398 e. The van der Waals surface area contributed by atoms with E-state index in [0.29, 0.717) is 15.7 Å². The van der Waals surface area contributed by atoms with E-state index in [0.717, 1.165) is 5.56 Å². The molecular weight excluding hydrogens is 311 g/mol. The van der Waals surface area contributed by atoms with Crippen molar-refractivity contribution in [2.24, 2.45) is 0 Å². The molecule has 3 nitrogen and oxygen atoms in total. The molecule has 19 heavy (non-hydrogen) atoms. The van der Waals surface area contributed by atoms with E-state index in [4.69, 9.17) is 5.73 Å². The van der Waals surface area contributed by atoms with Gasteiger partial charge in [0, 0.05) is 5.69 Å². The maximum atomic E-state index is 13.6. The Morgan fingerprint density at radius 3 is 2.79 bits per heavy atom. The van der Waals surface area contributed by atoms with Crippen molar-refractivity contribution in [3.63, 3.8) is 0 Å². The number of aryl methyl sites for hydroxylation is 1. The maximum absolute atomic E-state index is 13.6. The maximum Gasteiger partial charge on any atom is 0.256 e. The van der Waals surface area contributed by atoms with Gasteiger partial charge in [0.2, 0.25) is 0 Å². The number of nitrogen functional groups attached to an aromatic ring is 1. The van der Waals surface area contributed by atoms with E-state index in [1.807, 2.05) is 6.92 Å². The van der Waals surface area contributed by atoms with Crippen LogP contribution < -0.4 is 11.1 Å². The Morgan fingerprint density at radius 1 is 1.32 bits per heavy atom. The van der Waals surface area contributed by atoms with Crippen LogP contribution in [-0.2, 0) is 0 Å². The molecule has 0 spiro atoms. The molecule has 0 aliphatic heterocycles. The number of rotatable bonds is 2. The van der Waals surface area contributed by atoms with Gasteiger partial charge in [0.1, 0.15) is 5.82 Å². The third-order valence-corrected chi connectivity index (χ3v) is 3.53. The number of carbonyl (C=O) groups excluding carboxylic acids is 1. The van der Waals surface area contributed by atoms with Gasteiger partial charge in [-0.05, 0) is 52.7 Å². The normalized spacial score (nSPS) is 10.3. The number of amides is 1. The summed E-state index contributed by atoms with van der Waals surface area (Å²) in [5.41, 5.74) is 7.54. The summed E-state index contributed by atoms with van der Waals surface area (Å²) >= 11 is 3.25. The molecule has 3 N–H and O–H groups in total. The predicted molar refractivity (Wildman–Crippen MR) is 77.6 cm³/mol. The Bertz CT molecular complexity index is 643. The van der Waals surface area contributed by atoms with Gasteiger partial charge in [-0.25, -0.2) is 4.39 Å². The van der Waals surface area contributed by atoms with E-state index in [2.05, 4.69) is 21.2 Å². The number of anilines is 2. The van der Waals surface area contributed by atoms with Crippen LogP contribution in [0, 0.1) is 12.7 Å². The van der Waals surface area contributed by atoms with E-state index in [1.165, 1.54) is 6.07 Å². The standard InChI is InChI=1S/C14H12BrFN2O/c1-8-5-6-10(16)12(7-8)18-14(19)9-3-2-4-11(17)13(9)15/h2-7H,17H2,1H3,(H,18,19). The summed E-state index contributed by atoms with van der Waals surface area (Å²) in [4.78, 5) is 12.1. The van der Waals surface area contributed by atoms with Crippen molar-refractivity contribution >= 4 is 33.2 Å². The fourth-order valence-corrected chi connectivity index (χ4v) is 2.09. The molecule has 2 rings (SSSR count). The number of carbonyl (C=O) groups is 1. The van der Waals surface area contributed by atoms with Crippen molar-refractivity contribution in [1.82, 2.24) is 0 Å². The molecule has 0 aliphatic rings. The van der Waals surface area contributed by atoms with Gasteiger partial charge in [0.05, 0.1) is 15.7 Å². The predicted octanol–water partition coefficient (Wildman–Crippen LogP) is 3.73. The molecule has 5 heteroatoms. The minimum Gasteiger partial charge on any atom is -0.398 e. The number of nitrogens with one attached hydrogen (secondary N) is 1. The van der Waals surface area contributed by atoms with E-state index in [9.17, 15) is 9.18 Å². The van der Waals surface area contributed by atoms with Crippen LogP contribution in [0.3, 0.4) is 0 Å². The third-order valence-electron chi connectivity index (χ3n) is 2.64. The zero-order valence-corrected chi connectivity index (χ0v) is 11.8. The minimum atomic E-state index is -0.473. The molecule has 2 aromatic rings. The number of hydrogen-bond acceptors (Lipinski definition) is 2. The van der Waals surface area contributed by atoms with Crippen LogP contribution in [-0.4, -0.2) is 5.91 Å². The van der Waals surface area contributed by atoms with Crippen molar-refractivity contribution in [3.05, 3.63) is 57.8 Å². The van der Waals surface area contributed by atoms with E-state index >= 15 is 0 Å². The molecule has 98 valence electrons. The summed E-state index contributed by atoms with van der Waals surface area (Å²) in [5.74, 6) is -0.886. The van der Waals surface area contributed by atoms with Crippen molar-refractivity contribution < 1.29 is 9.18 Å². The first-order valence-corrected chi connectivity index (χ1v) is 6.40. The van der Waals surface area contributed by atoms with Crippen LogP contribution in [0.5, 0.6) is 0 Å². The monoisotopic (exact) mass is 322 g/mol. The highest BCUT2D eigenvalue weighted by molar-refractivity contribution is 9.10. The minimum absolute atomic E-state index is 0.152. The Balaban J connectivity index is 2.31. The first-order chi connectivity index (χ1) is 8.99. The van der Waals surface area contributed by atoms with Crippen molar-refractivity contribution in [3.8, 4) is 0 Å². The summed E-state index contributed by atoms with van der Waals surface area (Å²) in [6, 6.07) is 9.49. The molecule has 0 saturated carbocycles. The van der Waals surface area contributed by atoms with E-state index < -0.39 is 11.7 Å². The van der Waals surface area contributed by atoms with Crippen LogP contribution in [0.2, 0.25) is 0 Å². The third kappa shape index (κ3) is 2.93. The molecular formula is C14H12BrFN2O. The van der Waals surface area contributed by atoms with Crippen LogP contribution in [0.25, 0.3) is 0 Å². The SMILES string of the molecule is Cc1ccc(F)c(NC(=O)c2cccc(N)c2Br)c1. The Hall–Kier alpha value is -1.88. The molecule has 2 aromatic carbocycles. The molecule has 0 atom stereocenters. The summed E-state index contributed by atoms with van der Waals surface area (Å²) in [5, 5.41) is 2.54. The molecule has 0 heterocycles. The number of nitrogens with two attached hydrogens (primary N) is 1. The molecule has 0 fully saturated rings. The fraction of sp³-hybridized carbons (Fsp3) is 0.0714. The number of halogens is 2.